The first-order valence-electron chi connectivity index (χ1n) is 6.24. The Morgan fingerprint density at radius 2 is 2.05 bits per heavy atom. The molecule has 1 aromatic carbocycles. The van der Waals surface area contributed by atoms with Crippen LogP contribution < -0.4 is 10.6 Å². The first-order valence-corrected chi connectivity index (χ1v) is 6.24. The first kappa shape index (κ1) is 15.5. The monoisotopic (exact) mass is 266 g/mol. The van der Waals surface area contributed by atoms with Gasteiger partial charge in [0.2, 0.25) is 0 Å². The fourth-order valence-electron chi connectivity index (χ4n) is 1.97. The molecule has 1 aromatic rings. The number of carbonyl (C=O) groups is 1. The molecule has 0 aliphatic rings. The topological polar surface area (TPSA) is 86.8 Å². The van der Waals surface area contributed by atoms with Gasteiger partial charge >= 0.3 is 6.09 Å². The van der Waals surface area contributed by atoms with Gasteiger partial charge in [-0.3, -0.25) is 4.90 Å². The summed E-state index contributed by atoms with van der Waals surface area (Å²) in [6, 6.07) is 6.91. The Hall–Kier alpha value is -1.59. The highest BCUT2D eigenvalue weighted by Gasteiger charge is 2.27. The van der Waals surface area contributed by atoms with Crippen LogP contribution in [-0.2, 0) is 6.42 Å². The van der Waals surface area contributed by atoms with E-state index in [1.807, 2.05) is 26.8 Å². The van der Waals surface area contributed by atoms with E-state index in [9.17, 15) is 9.90 Å². The summed E-state index contributed by atoms with van der Waals surface area (Å²) in [6.45, 7) is 5.43. The normalized spacial score (nSPS) is 13.1. The van der Waals surface area contributed by atoms with Gasteiger partial charge < -0.3 is 15.9 Å². The number of nitrogens with zero attached hydrogens (tertiary/aromatic N) is 1. The van der Waals surface area contributed by atoms with Crippen LogP contribution in [0.1, 0.15) is 26.3 Å². The van der Waals surface area contributed by atoms with E-state index in [0.29, 0.717) is 12.1 Å². The second-order valence-corrected chi connectivity index (χ2v) is 5.61. The Morgan fingerprint density at radius 1 is 1.42 bits per heavy atom. The molecular weight excluding hydrogens is 244 g/mol. The Labute approximate surface area is 113 Å². The predicted octanol–water partition coefficient (Wildman–Crippen LogP) is 1.83. The molecule has 5 nitrogen and oxygen atoms in total. The fraction of sp³-hybridized carbons (Fsp3) is 0.500. The number of hydrogen-bond acceptors (Lipinski definition) is 3. The Morgan fingerprint density at radius 3 is 2.53 bits per heavy atom. The molecule has 0 radical (unpaired) electrons. The first-order chi connectivity index (χ1) is 8.75. The standard InChI is InChI=1S/C14H22N2O3/c1-14(2,3)16(13(18)19)12-6-4-5-10(8-12)7-11(15)9-17/h4-6,8,11,17H,7,9,15H2,1-3H3,(H,18,19). The van der Waals surface area contributed by atoms with Crippen LogP contribution >= 0.6 is 0 Å². The molecule has 1 rings (SSSR count). The minimum atomic E-state index is -0.990. The van der Waals surface area contributed by atoms with Crippen molar-refractivity contribution in [2.24, 2.45) is 5.73 Å². The number of aliphatic hydroxyl groups is 1. The maximum Gasteiger partial charge on any atom is 0.412 e. The molecule has 0 saturated heterocycles. The van der Waals surface area contributed by atoms with Crippen LogP contribution in [0.2, 0.25) is 0 Å². The molecule has 4 N–H and O–H groups in total. The summed E-state index contributed by atoms with van der Waals surface area (Å²) in [5.74, 6) is 0. The Bertz CT molecular complexity index is 441. The van der Waals surface area contributed by atoms with Crippen LogP contribution in [0, 0.1) is 0 Å². The number of aliphatic hydroxyl groups excluding tert-OH is 1. The quantitative estimate of drug-likeness (QED) is 0.776. The third-order valence-electron chi connectivity index (χ3n) is 2.76. The van der Waals surface area contributed by atoms with Crippen molar-refractivity contribution in [3.63, 3.8) is 0 Å². The van der Waals surface area contributed by atoms with Crippen LogP contribution in [0.3, 0.4) is 0 Å². The van der Waals surface area contributed by atoms with Gasteiger partial charge in [0.05, 0.1) is 6.61 Å². The number of benzene rings is 1. The lowest BCUT2D eigenvalue weighted by Gasteiger charge is -2.33. The van der Waals surface area contributed by atoms with E-state index in [1.54, 1.807) is 18.2 Å². The molecule has 1 unspecified atom stereocenters. The van der Waals surface area contributed by atoms with Crippen molar-refractivity contribution < 1.29 is 15.0 Å². The molecule has 19 heavy (non-hydrogen) atoms. The Kier molecular flexibility index (Phi) is 4.91. The zero-order valence-electron chi connectivity index (χ0n) is 11.6. The summed E-state index contributed by atoms with van der Waals surface area (Å²) in [7, 11) is 0. The minimum absolute atomic E-state index is 0.0911. The second-order valence-electron chi connectivity index (χ2n) is 5.61. The summed E-state index contributed by atoms with van der Waals surface area (Å²) >= 11 is 0. The molecule has 0 bridgehead atoms. The van der Waals surface area contributed by atoms with Crippen LogP contribution in [0.25, 0.3) is 0 Å². The van der Waals surface area contributed by atoms with Gasteiger partial charge in [-0.25, -0.2) is 4.79 Å². The van der Waals surface area contributed by atoms with Crippen LogP contribution in [0.15, 0.2) is 24.3 Å². The molecule has 106 valence electrons. The van der Waals surface area contributed by atoms with Crippen LogP contribution in [-0.4, -0.2) is 34.5 Å². The van der Waals surface area contributed by atoms with Crippen molar-refractivity contribution >= 4 is 11.8 Å². The highest BCUT2D eigenvalue weighted by Crippen LogP contribution is 2.25. The average molecular weight is 266 g/mol. The maximum absolute atomic E-state index is 11.4. The SMILES string of the molecule is CC(C)(C)N(C(=O)O)c1cccc(CC(N)CO)c1. The lowest BCUT2D eigenvalue weighted by molar-refractivity contribution is 0.195. The maximum atomic E-state index is 11.4. The third-order valence-corrected chi connectivity index (χ3v) is 2.76. The van der Waals surface area contributed by atoms with Crippen LogP contribution in [0.4, 0.5) is 10.5 Å². The molecule has 0 saturated carbocycles. The highest BCUT2D eigenvalue weighted by atomic mass is 16.4. The largest absolute Gasteiger partial charge is 0.465 e. The van der Waals surface area contributed by atoms with E-state index in [1.165, 1.54) is 4.90 Å². The van der Waals surface area contributed by atoms with Gasteiger partial charge in [-0.15, -0.1) is 0 Å². The third kappa shape index (κ3) is 4.22. The van der Waals surface area contributed by atoms with Crippen molar-refractivity contribution in [1.82, 2.24) is 0 Å². The number of rotatable bonds is 4. The molecule has 0 aliphatic carbocycles. The zero-order chi connectivity index (χ0) is 14.6. The van der Waals surface area contributed by atoms with Gasteiger partial charge in [0, 0.05) is 17.3 Å². The molecule has 1 amide bonds. The Balaban J connectivity index is 3.06. The lowest BCUT2D eigenvalue weighted by atomic mass is 10.0. The molecule has 0 aromatic heterocycles. The molecule has 5 heteroatoms. The minimum Gasteiger partial charge on any atom is -0.465 e. The fourth-order valence-corrected chi connectivity index (χ4v) is 1.97. The van der Waals surface area contributed by atoms with Gasteiger partial charge in [-0.05, 0) is 44.9 Å². The average Bonchev–Trinajstić information content (AvgIpc) is 2.26. The van der Waals surface area contributed by atoms with E-state index in [4.69, 9.17) is 10.8 Å². The molecule has 1 atom stereocenters. The van der Waals surface area contributed by atoms with E-state index >= 15 is 0 Å². The van der Waals surface area contributed by atoms with E-state index in [0.717, 1.165) is 5.56 Å². The second kappa shape index (κ2) is 6.04. The van der Waals surface area contributed by atoms with Gasteiger partial charge in [0.1, 0.15) is 0 Å². The summed E-state index contributed by atoms with van der Waals surface area (Å²) in [5.41, 5.74) is 6.70. The van der Waals surface area contributed by atoms with Crippen molar-refractivity contribution in [2.45, 2.75) is 38.8 Å². The summed E-state index contributed by atoms with van der Waals surface area (Å²) in [5, 5.41) is 18.3. The molecule has 0 aliphatic heterocycles. The smallest absolute Gasteiger partial charge is 0.412 e. The summed E-state index contributed by atoms with van der Waals surface area (Å²) in [4.78, 5) is 12.7. The van der Waals surface area contributed by atoms with Crippen molar-refractivity contribution in [1.29, 1.82) is 0 Å². The van der Waals surface area contributed by atoms with Gasteiger partial charge in [-0.1, -0.05) is 12.1 Å². The highest BCUT2D eigenvalue weighted by molar-refractivity contribution is 5.87. The van der Waals surface area contributed by atoms with Gasteiger partial charge in [0.15, 0.2) is 0 Å². The molecule has 0 fully saturated rings. The number of nitrogens with two attached hydrogens (primary N) is 1. The van der Waals surface area contributed by atoms with Gasteiger partial charge in [0.25, 0.3) is 0 Å². The van der Waals surface area contributed by atoms with E-state index in [-0.39, 0.29) is 12.6 Å². The zero-order valence-corrected chi connectivity index (χ0v) is 11.6. The number of hydrogen-bond donors (Lipinski definition) is 3. The molecule has 0 heterocycles. The van der Waals surface area contributed by atoms with Crippen molar-refractivity contribution in [2.75, 3.05) is 11.5 Å². The van der Waals surface area contributed by atoms with Crippen molar-refractivity contribution in [3.8, 4) is 0 Å². The van der Waals surface area contributed by atoms with Gasteiger partial charge in [-0.2, -0.15) is 0 Å². The predicted molar refractivity (Wildman–Crippen MR) is 75.5 cm³/mol. The number of amides is 1. The summed E-state index contributed by atoms with van der Waals surface area (Å²) in [6.07, 6.45) is -0.474. The lowest BCUT2D eigenvalue weighted by Crippen LogP contribution is -2.45. The van der Waals surface area contributed by atoms with Crippen molar-refractivity contribution in [3.05, 3.63) is 29.8 Å². The number of carboxylic acid groups (broad SMARTS) is 1. The van der Waals surface area contributed by atoms with Crippen LogP contribution in [0.5, 0.6) is 0 Å². The molecular formula is C14H22N2O3. The van der Waals surface area contributed by atoms with E-state index in [2.05, 4.69) is 0 Å². The number of anilines is 1. The summed E-state index contributed by atoms with van der Waals surface area (Å²) < 4.78 is 0. The van der Waals surface area contributed by atoms with E-state index < -0.39 is 11.6 Å². The molecule has 0 spiro atoms.